The Bertz CT molecular complexity index is 1440. The quantitative estimate of drug-likeness (QED) is 0.471. The van der Waals surface area contributed by atoms with E-state index in [2.05, 4.69) is 20.2 Å². The largest absolute Gasteiger partial charge is 0.444 e. The number of nitrogens with one attached hydrogen (secondary N) is 1. The van der Waals surface area contributed by atoms with E-state index in [1.807, 2.05) is 20.8 Å². The Morgan fingerprint density at radius 2 is 2.00 bits per heavy atom. The highest BCUT2D eigenvalue weighted by Gasteiger charge is 2.29. The van der Waals surface area contributed by atoms with Crippen LogP contribution in [0.25, 0.3) is 28.5 Å². The first kappa shape index (κ1) is 22.8. The molecule has 11 heteroatoms. The topological polar surface area (TPSA) is 119 Å². The first-order valence-electron chi connectivity index (χ1n) is 11.4. The molecule has 0 spiro atoms. The lowest BCUT2D eigenvalue weighted by Crippen LogP contribution is -2.41. The minimum absolute atomic E-state index is 0.0248. The van der Waals surface area contributed by atoms with Crippen LogP contribution in [0.15, 0.2) is 45.8 Å². The van der Waals surface area contributed by atoms with Crippen molar-refractivity contribution < 1.29 is 18.4 Å². The van der Waals surface area contributed by atoms with Gasteiger partial charge in [0, 0.05) is 30.6 Å². The van der Waals surface area contributed by atoms with E-state index < -0.39 is 11.4 Å². The number of likely N-dealkylation sites (tertiary alicyclic amines) is 1. The lowest BCUT2D eigenvalue weighted by Gasteiger charge is -2.33. The average Bonchev–Trinajstić information content (AvgIpc) is 3.45. The van der Waals surface area contributed by atoms with Crippen LogP contribution >= 0.6 is 0 Å². The molecule has 1 aliphatic heterocycles. The maximum atomic E-state index is 13.6. The summed E-state index contributed by atoms with van der Waals surface area (Å²) < 4.78 is 26.1. The van der Waals surface area contributed by atoms with Gasteiger partial charge in [0.05, 0.1) is 11.9 Å². The molecule has 0 aliphatic carbocycles. The maximum absolute atomic E-state index is 13.6. The summed E-state index contributed by atoms with van der Waals surface area (Å²) in [5.74, 6) is 0.00645. The molecule has 0 unspecified atom stereocenters. The van der Waals surface area contributed by atoms with E-state index in [1.54, 1.807) is 27.7 Å². The highest BCUT2D eigenvalue weighted by molar-refractivity contribution is 5.72. The third kappa shape index (κ3) is 4.66. The highest BCUT2D eigenvalue weighted by atomic mass is 19.1. The number of halogens is 1. The number of rotatable bonds is 3. The van der Waals surface area contributed by atoms with Gasteiger partial charge in [-0.1, -0.05) is 17.3 Å². The summed E-state index contributed by atoms with van der Waals surface area (Å²) in [5, 5.41) is 8.41. The molecule has 0 bridgehead atoms. The molecule has 1 aliphatic rings. The number of amides is 1. The van der Waals surface area contributed by atoms with Gasteiger partial charge in [0.1, 0.15) is 22.6 Å². The van der Waals surface area contributed by atoms with Gasteiger partial charge in [-0.2, -0.15) is 10.1 Å². The summed E-state index contributed by atoms with van der Waals surface area (Å²) in [6.07, 6.45) is 2.54. The van der Waals surface area contributed by atoms with Gasteiger partial charge >= 0.3 is 6.09 Å². The molecule has 0 atom stereocenters. The molecular formula is C24H25FN6O4. The van der Waals surface area contributed by atoms with Crippen molar-refractivity contribution in [3.8, 4) is 22.8 Å². The number of aromatic amines is 1. The fourth-order valence-corrected chi connectivity index (χ4v) is 4.22. The molecule has 1 N–H and O–H groups in total. The third-order valence-electron chi connectivity index (χ3n) is 5.84. The van der Waals surface area contributed by atoms with E-state index in [1.165, 1.54) is 18.2 Å². The monoisotopic (exact) mass is 480 g/mol. The number of benzene rings is 1. The van der Waals surface area contributed by atoms with Crippen LogP contribution in [0, 0.1) is 5.82 Å². The van der Waals surface area contributed by atoms with E-state index in [-0.39, 0.29) is 29.3 Å². The first-order chi connectivity index (χ1) is 16.7. The van der Waals surface area contributed by atoms with Crippen molar-refractivity contribution in [2.45, 2.75) is 45.1 Å². The number of nitrogens with zero attached hydrogens (tertiary/aromatic N) is 5. The number of hydrogen-bond donors (Lipinski definition) is 1. The molecule has 0 radical (unpaired) electrons. The molecule has 1 amide bonds. The molecular weight excluding hydrogens is 455 g/mol. The summed E-state index contributed by atoms with van der Waals surface area (Å²) in [7, 11) is 0. The lowest BCUT2D eigenvalue weighted by atomic mass is 9.93. The highest BCUT2D eigenvalue weighted by Crippen LogP contribution is 2.31. The number of carbonyl (C=O) groups excluding carboxylic acids is 1. The summed E-state index contributed by atoms with van der Waals surface area (Å²) in [4.78, 5) is 33.8. The number of fused-ring (bicyclic) bond motifs is 1. The molecule has 1 fully saturated rings. The Morgan fingerprint density at radius 3 is 2.71 bits per heavy atom. The van der Waals surface area contributed by atoms with Crippen molar-refractivity contribution in [3.05, 3.63) is 58.4 Å². The molecule has 1 saturated heterocycles. The van der Waals surface area contributed by atoms with Crippen LogP contribution < -0.4 is 5.56 Å². The van der Waals surface area contributed by atoms with Gasteiger partial charge in [0.25, 0.3) is 11.4 Å². The second-order valence-electron chi connectivity index (χ2n) is 9.55. The van der Waals surface area contributed by atoms with Gasteiger partial charge in [-0.05, 0) is 45.7 Å². The lowest BCUT2D eigenvalue weighted by molar-refractivity contribution is 0.0203. The Balaban J connectivity index is 1.41. The van der Waals surface area contributed by atoms with E-state index in [4.69, 9.17) is 9.26 Å². The number of aromatic nitrogens is 5. The van der Waals surface area contributed by atoms with Gasteiger partial charge < -0.3 is 19.1 Å². The predicted octanol–water partition coefficient (Wildman–Crippen LogP) is 3.99. The Hall–Kier alpha value is -4.02. The van der Waals surface area contributed by atoms with E-state index >= 15 is 0 Å². The van der Waals surface area contributed by atoms with Crippen LogP contribution in [-0.4, -0.2) is 54.4 Å². The fourth-order valence-electron chi connectivity index (χ4n) is 4.22. The van der Waals surface area contributed by atoms with Crippen molar-refractivity contribution in [3.63, 3.8) is 0 Å². The SMILES string of the molecule is CC(C)(C)OC(=O)N1CCC(c2cc(=O)[nH]c3c(-c4nc(-c5cccc(F)c5)no4)cnn23)CC1. The summed E-state index contributed by atoms with van der Waals surface area (Å²) >= 11 is 0. The Labute approximate surface area is 199 Å². The molecule has 35 heavy (non-hydrogen) atoms. The van der Waals surface area contributed by atoms with Gasteiger partial charge in [0.2, 0.25) is 5.82 Å². The van der Waals surface area contributed by atoms with Crippen molar-refractivity contribution in [2.75, 3.05) is 13.1 Å². The smallest absolute Gasteiger partial charge is 0.410 e. The number of ether oxygens (including phenoxy) is 1. The van der Waals surface area contributed by atoms with Crippen LogP contribution in [0.1, 0.15) is 45.2 Å². The van der Waals surface area contributed by atoms with Crippen LogP contribution in [0.3, 0.4) is 0 Å². The molecule has 4 aromatic rings. The number of piperidine rings is 1. The van der Waals surface area contributed by atoms with Crippen LogP contribution in [0.4, 0.5) is 9.18 Å². The molecule has 182 valence electrons. The third-order valence-corrected chi connectivity index (χ3v) is 5.84. The molecule has 10 nitrogen and oxygen atoms in total. The van der Waals surface area contributed by atoms with E-state index in [9.17, 15) is 14.0 Å². The molecule has 3 aromatic heterocycles. The zero-order valence-electron chi connectivity index (χ0n) is 19.6. The molecule has 5 rings (SSSR count). The standard InChI is InChI=1S/C24H25FN6O4/c1-24(2,3)34-23(33)30-9-7-14(8-10-30)18-12-19(32)27-21-17(13-26-31(18)21)22-28-20(29-35-22)15-5-4-6-16(25)11-15/h4-6,11-14H,7-10H2,1-3H3,(H,27,32). The van der Waals surface area contributed by atoms with Gasteiger partial charge in [-0.25, -0.2) is 13.7 Å². The van der Waals surface area contributed by atoms with Crippen molar-refractivity contribution >= 4 is 11.7 Å². The predicted molar refractivity (Wildman–Crippen MR) is 124 cm³/mol. The van der Waals surface area contributed by atoms with E-state index in [0.717, 1.165) is 5.69 Å². The molecule has 0 saturated carbocycles. The molecule has 1 aromatic carbocycles. The normalized spacial score (nSPS) is 15.0. The number of hydrogen-bond acceptors (Lipinski definition) is 7. The summed E-state index contributed by atoms with van der Waals surface area (Å²) in [6.45, 7) is 6.55. The number of H-pyrrole nitrogens is 1. The van der Waals surface area contributed by atoms with Crippen LogP contribution in [0.5, 0.6) is 0 Å². The van der Waals surface area contributed by atoms with Crippen LogP contribution in [0.2, 0.25) is 0 Å². The molecule has 4 heterocycles. The van der Waals surface area contributed by atoms with Crippen LogP contribution in [-0.2, 0) is 4.74 Å². The summed E-state index contributed by atoms with van der Waals surface area (Å²) in [6, 6.07) is 7.42. The zero-order valence-corrected chi connectivity index (χ0v) is 19.6. The second-order valence-corrected chi connectivity index (χ2v) is 9.55. The van der Waals surface area contributed by atoms with Gasteiger partial charge in [-0.15, -0.1) is 0 Å². The first-order valence-corrected chi connectivity index (χ1v) is 11.4. The second kappa shape index (κ2) is 8.64. The fraction of sp³-hybridized carbons (Fsp3) is 0.375. The van der Waals surface area contributed by atoms with E-state index in [0.29, 0.717) is 42.7 Å². The van der Waals surface area contributed by atoms with Gasteiger partial charge in [0.15, 0.2) is 0 Å². The number of carbonyl (C=O) groups is 1. The zero-order chi connectivity index (χ0) is 24.7. The average molecular weight is 481 g/mol. The minimum Gasteiger partial charge on any atom is -0.444 e. The summed E-state index contributed by atoms with van der Waals surface area (Å²) in [5.41, 5.74) is 1.27. The van der Waals surface area contributed by atoms with Crippen molar-refractivity contribution in [1.29, 1.82) is 0 Å². The Kier molecular flexibility index (Phi) is 5.62. The van der Waals surface area contributed by atoms with Crippen molar-refractivity contribution in [2.24, 2.45) is 0 Å². The van der Waals surface area contributed by atoms with Crippen molar-refractivity contribution in [1.82, 2.24) is 29.6 Å². The minimum atomic E-state index is -0.554. The van der Waals surface area contributed by atoms with Gasteiger partial charge in [-0.3, -0.25) is 4.79 Å². The maximum Gasteiger partial charge on any atom is 0.410 e. The Morgan fingerprint density at radius 1 is 1.23 bits per heavy atom.